The number of hydrogen-bond acceptors (Lipinski definition) is 1. The molecular formula is C12H13F4N. The minimum absolute atomic E-state index is 0.0524. The van der Waals surface area contributed by atoms with Crippen LogP contribution in [-0.2, 0) is 6.18 Å². The number of alkyl halides is 4. The zero-order chi connectivity index (χ0) is 12.7. The van der Waals surface area contributed by atoms with Gasteiger partial charge in [-0.15, -0.1) is 0 Å². The molecule has 1 aromatic rings. The number of rotatable bonds is 3. The highest BCUT2D eigenvalue weighted by atomic mass is 19.4. The van der Waals surface area contributed by atoms with Gasteiger partial charge in [0.05, 0.1) is 5.56 Å². The summed E-state index contributed by atoms with van der Waals surface area (Å²) in [5.41, 5.74) is 4.47. The van der Waals surface area contributed by atoms with Crippen molar-refractivity contribution in [2.45, 2.75) is 37.1 Å². The first-order valence-corrected chi connectivity index (χ1v) is 5.40. The van der Waals surface area contributed by atoms with E-state index in [9.17, 15) is 17.6 Å². The molecule has 0 radical (unpaired) electrons. The Hall–Kier alpha value is -1.10. The number of nitrogens with two attached hydrogens (primary N) is 1. The SMILES string of the molecule is NC1(CC(F)c2cccc(C(F)(F)F)c2)CC1. The largest absolute Gasteiger partial charge is 0.416 e. The summed E-state index contributed by atoms with van der Waals surface area (Å²) in [4.78, 5) is 0. The molecule has 1 atom stereocenters. The van der Waals surface area contributed by atoms with Crippen molar-refractivity contribution in [1.82, 2.24) is 0 Å². The molecule has 0 amide bonds. The molecule has 1 nitrogen and oxygen atoms in total. The van der Waals surface area contributed by atoms with Crippen molar-refractivity contribution in [3.63, 3.8) is 0 Å². The average Bonchev–Trinajstić information content (AvgIpc) is 2.95. The predicted octanol–water partition coefficient (Wildman–Crippen LogP) is 3.60. The summed E-state index contributed by atoms with van der Waals surface area (Å²) in [6.07, 6.45) is -4.28. The molecule has 0 spiro atoms. The summed E-state index contributed by atoms with van der Waals surface area (Å²) < 4.78 is 51.1. The van der Waals surface area contributed by atoms with Crippen LogP contribution in [0.4, 0.5) is 17.6 Å². The lowest BCUT2D eigenvalue weighted by molar-refractivity contribution is -0.137. The lowest BCUT2D eigenvalue weighted by atomic mass is 10.0. The van der Waals surface area contributed by atoms with Gasteiger partial charge in [0.25, 0.3) is 0 Å². The van der Waals surface area contributed by atoms with E-state index in [0.29, 0.717) is 0 Å². The van der Waals surface area contributed by atoms with E-state index in [2.05, 4.69) is 0 Å². The maximum absolute atomic E-state index is 13.8. The second-order valence-corrected chi connectivity index (χ2v) is 4.66. The van der Waals surface area contributed by atoms with Gasteiger partial charge in [0.2, 0.25) is 0 Å². The minimum Gasteiger partial charge on any atom is -0.325 e. The molecule has 1 aliphatic rings. The molecule has 2 rings (SSSR count). The molecule has 0 bridgehead atoms. The Kier molecular flexibility index (Phi) is 2.89. The first-order valence-electron chi connectivity index (χ1n) is 5.40. The van der Waals surface area contributed by atoms with Crippen LogP contribution in [0.2, 0.25) is 0 Å². The second kappa shape index (κ2) is 3.98. The fourth-order valence-electron chi connectivity index (χ4n) is 1.75. The van der Waals surface area contributed by atoms with E-state index in [0.717, 1.165) is 25.0 Å². The first-order chi connectivity index (χ1) is 7.80. The molecule has 1 aliphatic carbocycles. The Labute approximate surface area is 96.6 Å². The van der Waals surface area contributed by atoms with Gasteiger partial charge in [-0.2, -0.15) is 13.2 Å². The van der Waals surface area contributed by atoms with Crippen molar-refractivity contribution >= 4 is 0 Å². The third kappa shape index (κ3) is 2.97. The highest BCUT2D eigenvalue weighted by molar-refractivity contribution is 5.28. The van der Waals surface area contributed by atoms with Gasteiger partial charge in [-0.25, -0.2) is 4.39 Å². The zero-order valence-electron chi connectivity index (χ0n) is 9.10. The van der Waals surface area contributed by atoms with E-state index in [4.69, 9.17) is 5.73 Å². The van der Waals surface area contributed by atoms with Gasteiger partial charge in [-0.3, -0.25) is 0 Å². The molecule has 5 heteroatoms. The Balaban J connectivity index is 2.15. The Bertz CT molecular complexity index is 409. The van der Waals surface area contributed by atoms with Gasteiger partial charge in [0.1, 0.15) is 6.17 Å². The fraction of sp³-hybridized carbons (Fsp3) is 0.500. The fourth-order valence-corrected chi connectivity index (χ4v) is 1.75. The molecule has 0 aliphatic heterocycles. The summed E-state index contributed by atoms with van der Waals surface area (Å²) in [5, 5.41) is 0. The van der Waals surface area contributed by atoms with E-state index >= 15 is 0 Å². The zero-order valence-corrected chi connectivity index (χ0v) is 9.10. The normalized spacial score (nSPS) is 20.1. The molecule has 0 aromatic heterocycles. The molecule has 1 saturated carbocycles. The smallest absolute Gasteiger partial charge is 0.325 e. The van der Waals surface area contributed by atoms with Crippen LogP contribution in [0.3, 0.4) is 0 Å². The second-order valence-electron chi connectivity index (χ2n) is 4.66. The molecule has 1 unspecified atom stereocenters. The molecule has 2 N–H and O–H groups in total. The lowest BCUT2D eigenvalue weighted by Gasteiger charge is -2.15. The number of halogens is 4. The molecule has 0 heterocycles. The summed E-state index contributed by atoms with van der Waals surface area (Å²) in [7, 11) is 0. The Morgan fingerprint density at radius 1 is 1.29 bits per heavy atom. The lowest BCUT2D eigenvalue weighted by Crippen LogP contribution is -2.23. The van der Waals surface area contributed by atoms with Crippen LogP contribution < -0.4 is 5.73 Å². The van der Waals surface area contributed by atoms with Crippen LogP contribution in [0.15, 0.2) is 24.3 Å². The number of benzene rings is 1. The molecular weight excluding hydrogens is 234 g/mol. The summed E-state index contributed by atoms with van der Waals surface area (Å²) in [6.45, 7) is 0. The first kappa shape index (κ1) is 12.4. The van der Waals surface area contributed by atoms with Crippen LogP contribution in [0.25, 0.3) is 0 Å². The molecule has 94 valence electrons. The molecule has 17 heavy (non-hydrogen) atoms. The van der Waals surface area contributed by atoms with Crippen molar-refractivity contribution in [3.8, 4) is 0 Å². The van der Waals surface area contributed by atoms with Gasteiger partial charge < -0.3 is 5.73 Å². The van der Waals surface area contributed by atoms with Crippen LogP contribution in [-0.4, -0.2) is 5.54 Å². The van der Waals surface area contributed by atoms with E-state index < -0.39 is 23.5 Å². The van der Waals surface area contributed by atoms with Crippen LogP contribution in [0.5, 0.6) is 0 Å². The summed E-state index contributed by atoms with van der Waals surface area (Å²) >= 11 is 0. The molecule has 1 fully saturated rings. The van der Waals surface area contributed by atoms with Crippen molar-refractivity contribution < 1.29 is 17.6 Å². The Morgan fingerprint density at radius 3 is 2.47 bits per heavy atom. The van der Waals surface area contributed by atoms with E-state index in [1.54, 1.807) is 0 Å². The van der Waals surface area contributed by atoms with Gasteiger partial charge in [-0.05, 0) is 30.5 Å². The minimum atomic E-state index is -4.43. The highest BCUT2D eigenvalue weighted by Gasteiger charge is 2.41. The van der Waals surface area contributed by atoms with Gasteiger partial charge in [0, 0.05) is 12.0 Å². The predicted molar refractivity (Wildman–Crippen MR) is 56.1 cm³/mol. The van der Waals surface area contributed by atoms with Gasteiger partial charge in [0.15, 0.2) is 0 Å². The standard InChI is InChI=1S/C12H13F4N/c13-10(7-11(17)4-5-11)8-2-1-3-9(6-8)12(14,15)16/h1-3,6,10H,4-5,7,17H2. The quantitative estimate of drug-likeness (QED) is 0.811. The third-order valence-electron chi connectivity index (χ3n) is 3.05. The van der Waals surface area contributed by atoms with Crippen molar-refractivity contribution in [3.05, 3.63) is 35.4 Å². The van der Waals surface area contributed by atoms with E-state index in [1.807, 2.05) is 0 Å². The average molecular weight is 247 g/mol. The van der Waals surface area contributed by atoms with Crippen LogP contribution in [0, 0.1) is 0 Å². The van der Waals surface area contributed by atoms with E-state index in [-0.39, 0.29) is 12.0 Å². The monoisotopic (exact) mass is 247 g/mol. The van der Waals surface area contributed by atoms with Crippen molar-refractivity contribution in [1.29, 1.82) is 0 Å². The van der Waals surface area contributed by atoms with E-state index in [1.165, 1.54) is 12.1 Å². The van der Waals surface area contributed by atoms with Gasteiger partial charge in [-0.1, -0.05) is 12.1 Å². The van der Waals surface area contributed by atoms with Crippen LogP contribution in [0.1, 0.15) is 36.6 Å². The third-order valence-corrected chi connectivity index (χ3v) is 3.05. The topological polar surface area (TPSA) is 26.0 Å². The summed E-state index contributed by atoms with van der Waals surface area (Å²) in [6, 6.07) is 4.38. The maximum Gasteiger partial charge on any atom is 0.416 e. The summed E-state index contributed by atoms with van der Waals surface area (Å²) in [5.74, 6) is 0. The number of hydrogen-bond donors (Lipinski definition) is 1. The molecule has 0 saturated heterocycles. The van der Waals surface area contributed by atoms with Crippen molar-refractivity contribution in [2.75, 3.05) is 0 Å². The maximum atomic E-state index is 13.8. The van der Waals surface area contributed by atoms with Crippen LogP contribution >= 0.6 is 0 Å². The van der Waals surface area contributed by atoms with Crippen molar-refractivity contribution in [2.24, 2.45) is 5.73 Å². The van der Waals surface area contributed by atoms with Gasteiger partial charge >= 0.3 is 6.18 Å². The molecule has 1 aromatic carbocycles. The Morgan fingerprint density at radius 2 is 1.94 bits per heavy atom. The highest BCUT2D eigenvalue weighted by Crippen LogP contribution is 2.42.